The molecule has 0 atom stereocenters. The Bertz CT molecular complexity index is 461. The van der Waals surface area contributed by atoms with E-state index in [2.05, 4.69) is 5.32 Å². The Morgan fingerprint density at radius 1 is 1.47 bits per heavy atom. The molecule has 0 bridgehead atoms. The SMILES string of the molecule is CN(Cc1ccccc1F)C(=O)COC1(C)CNC1. The highest BCUT2D eigenvalue weighted by Gasteiger charge is 2.33. The molecule has 1 N–H and O–H groups in total. The topological polar surface area (TPSA) is 41.6 Å². The Morgan fingerprint density at radius 3 is 2.74 bits per heavy atom. The van der Waals surface area contributed by atoms with Crippen LogP contribution in [0.25, 0.3) is 0 Å². The molecule has 0 aliphatic carbocycles. The second-order valence-corrected chi connectivity index (χ2v) is 5.18. The zero-order valence-electron chi connectivity index (χ0n) is 11.3. The van der Waals surface area contributed by atoms with Crippen LogP contribution in [-0.2, 0) is 16.1 Å². The number of halogens is 1. The molecule has 1 saturated heterocycles. The minimum Gasteiger partial charge on any atom is -0.363 e. The standard InChI is InChI=1S/C14H19FN2O2/c1-14(9-16-10-14)19-8-13(18)17(2)7-11-5-3-4-6-12(11)15/h3-6,16H,7-10H2,1-2H3. The van der Waals surface area contributed by atoms with Crippen LogP contribution in [0, 0.1) is 5.82 Å². The predicted octanol–water partition coefficient (Wildman–Crippen LogP) is 1.16. The van der Waals surface area contributed by atoms with Gasteiger partial charge in [0.05, 0.1) is 5.60 Å². The maximum absolute atomic E-state index is 13.5. The largest absolute Gasteiger partial charge is 0.363 e. The predicted molar refractivity (Wildman–Crippen MR) is 70.1 cm³/mol. The molecule has 0 aromatic heterocycles. The van der Waals surface area contributed by atoms with Crippen molar-refractivity contribution >= 4 is 5.91 Å². The first-order chi connectivity index (χ1) is 9.00. The lowest BCUT2D eigenvalue weighted by atomic mass is 10.0. The summed E-state index contributed by atoms with van der Waals surface area (Å²) in [6.45, 7) is 3.77. The average molecular weight is 266 g/mol. The Kier molecular flexibility index (Phi) is 4.17. The quantitative estimate of drug-likeness (QED) is 0.869. The lowest BCUT2D eigenvalue weighted by Gasteiger charge is -2.39. The zero-order valence-corrected chi connectivity index (χ0v) is 11.3. The van der Waals surface area contributed by atoms with E-state index in [1.165, 1.54) is 11.0 Å². The second-order valence-electron chi connectivity index (χ2n) is 5.18. The Hall–Kier alpha value is -1.46. The monoisotopic (exact) mass is 266 g/mol. The number of rotatable bonds is 5. The first-order valence-corrected chi connectivity index (χ1v) is 6.32. The number of nitrogens with one attached hydrogen (secondary N) is 1. The number of benzene rings is 1. The van der Waals surface area contributed by atoms with Crippen molar-refractivity contribution < 1.29 is 13.9 Å². The molecule has 1 aromatic carbocycles. The van der Waals surface area contributed by atoms with Crippen molar-refractivity contribution in [3.8, 4) is 0 Å². The highest BCUT2D eigenvalue weighted by Crippen LogP contribution is 2.15. The van der Waals surface area contributed by atoms with Gasteiger partial charge in [0, 0.05) is 32.2 Å². The van der Waals surface area contributed by atoms with Crippen LogP contribution in [0.2, 0.25) is 0 Å². The van der Waals surface area contributed by atoms with Crippen molar-refractivity contribution in [3.05, 3.63) is 35.6 Å². The summed E-state index contributed by atoms with van der Waals surface area (Å²) >= 11 is 0. The summed E-state index contributed by atoms with van der Waals surface area (Å²) in [6.07, 6.45) is 0. The fraction of sp³-hybridized carbons (Fsp3) is 0.500. The normalized spacial score (nSPS) is 16.8. The van der Waals surface area contributed by atoms with Gasteiger partial charge in [0.2, 0.25) is 5.91 Å². The molecule has 5 heteroatoms. The summed E-state index contributed by atoms with van der Waals surface area (Å²) < 4.78 is 19.0. The molecular weight excluding hydrogens is 247 g/mol. The van der Waals surface area contributed by atoms with Crippen LogP contribution in [0.1, 0.15) is 12.5 Å². The fourth-order valence-electron chi connectivity index (χ4n) is 1.90. The number of nitrogens with zero attached hydrogens (tertiary/aromatic N) is 1. The van der Waals surface area contributed by atoms with E-state index in [-0.39, 0.29) is 30.5 Å². The summed E-state index contributed by atoms with van der Waals surface area (Å²) in [7, 11) is 1.65. The lowest BCUT2D eigenvalue weighted by molar-refractivity contribution is -0.145. The molecule has 1 amide bonds. The van der Waals surface area contributed by atoms with Crippen LogP contribution in [0.4, 0.5) is 4.39 Å². The van der Waals surface area contributed by atoms with E-state index in [4.69, 9.17) is 4.74 Å². The van der Waals surface area contributed by atoms with E-state index in [0.29, 0.717) is 5.56 Å². The number of likely N-dealkylation sites (N-methyl/N-ethyl adjacent to an activating group) is 1. The van der Waals surface area contributed by atoms with E-state index in [1.54, 1.807) is 25.2 Å². The number of hydrogen-bond acceptors (Lipinski definition) is 3. The van der Waals surface area contributed by atoms with Gasteiger partial charge in [-0.05, 0) is 13.0 Å². The summed E-state index contributed by atoms with van der Waals surface area (Å²) in [4.78, 5) is 13.4. The van der Waals surface area contributed by atoms with Crippen LogP contribution in [0.5, 0.6) is 0 Å². The van der Waals surface area contributed by atoms with Crippen molar-refractivity contribution in [3.63, 3.8) is 0 Å². The van der Waals surface area contributed by atoms with Gasteiger partial charge in [-0.1, -0.05) is 18.2 Å². The third-order valence-corrected chi connectivity index (χ3v) is 3.33. The van der Waals surface area contributed by atoms with Crippen LogP contribution < -0.4 is 5.32 Å². The fourth-order valence-corrected chi connectivity index (χ4v) is 1.90. The molecule has 1 aliphatic rings. The Labute approximate surface area is 112 Å². The first kappa shape index (κ1) is 14.0. The molecule has 0 saturated carbocycles. The Morgan fingerprint density at radius 2 is 2.16 bits per heavy atom. The van der Waals surface area contributed by atoms with Crippen LogP contribution in [0.15, 0.2) is 24.3 Å². The number of carbonyl (C=O) groups is 1. The van der Waals surface area contributed by atoms with Crippen molar-refractivity contribution in [2.75, 3.05) is 26.7 Å². The summed E-state index contributed by atoms with van der Waals surface area (Å²) in [5.74, 6) is -0.436. The Balaban J connectivity index is 1.84. The molecule has 1 fully saturated rings. The highest BCUT2D eigenvalue weighted by atomic mass is 19.1. The molecule has 0 unspecified atom stereocenters. The summed E-state index contributed by atoms with van der Waals surface area (Å²) in [5.41, 5.74) is 0.268. The van der Waals surface area contributed by atoms with Gasteiger partial charge < -0.3 is 15.0 Å². The number of hydrogen-bond donors (Lipinski definition) is 1. The first-order valence-electron chi connectivity index (χ1n) is 6.32. The third kappa shape index (κ3) is 3.52. The van der Waals surface area contributed by atoms with E-state index >= 15 is 0 Å². The molecule has 104 valence electrons. The number of ether oxygens (including phenoxy) is 1. The van der Waals surface area contributed by atoms with E-state index in [0.717, 1.165) is 13.1 Å². The van der Waals surface area contributed by atoms with E-state index in [1.807, 2.05) is 6.92 Å². The number of carbonyl (C=O) groups excluding carboxylic acids is 1. The maximum atomic E-state index is 13.5. The molecule has 1 aromatic rings. The van der Waals surface area contributed by atoms with Crippen LogP contribution in [-0.4, -0.2) is 43.2 Å². The third-order valence-electron chi connectivity index (χ3n) is 3.33. The lowest BCUT2D eigenvalue weighted by Crippen LogP contribution is -2.59. The minimum absolute atomic E-state index is 0.0309. The van der Waals surface area contributed by atoms with Crippen LogP contribution in [0.3, 0.4) is 0 Å². The molecule has 19 heavy (non-hydrogen) atoms. The van der Waals surface area contributed by atoms with E-state index < -0.39 is 0 Å². The summed E-state index contributed by atoms with van der Waals surface area (Å²) in [5, 5.41) is 3.10. The second kappa shape index (κ2) is 5.67. The molecule has 2 rings (SSSR count). The minimum atomic E-state index is -0.293. The smallest absolute Gasteiger partial charge is 0.248 e. The average Bonchev–Trinajstić information content (AvgIpc) is 2.36. The molecule has 1 aliphatic heterocycles. The van der Waals surface area contributed by atoms with Gasteiger partial charge in [-0.2, -0.15) is 0 Å². The maximum Gasteiger partial charge on any atom is 0.248 e. The van der Waals surface area contributed by atoms with Gasteiger partial charge in [0.15, 0.2) is 0 Å². The van der Waals surface area contributed by atoms with Gasteiger partial charge in [0.1, 0.15) is 12.4 Å². The van der Waals surface area contributed by atoms with Gasteiger partial charge in [0.25, 0.3) is 0 Å². The van der Waals surface area contributed by atoms with Crippen molar-refractivity contribution in [1.29, 1.82) is 0 Å². The van der Waals surface area contributed by atoms with E-state index in [9.17, 15) is 9.18 Å². The van der Waals surface area contributed by atoms with Crippen molar-refractivity contribution in [2.45, 2.75) is 19.1 Å². The molecule has 0 spiro atoms. The van der Waals surface area contributed by atoms with Gasteiger partial charge in [-0.25, -0.2) is 4.39 Å². The summed E-state index contributed by atoms with van der Waals surface area (Å²) in [6, 6.07) is 6.46. The highest BCUT2D eigenvalue weighted by molar-refractivity contribution is 5.77. The van der Waals surface area contributed by atoms with Gasteiger partial charge in [-0.15, -0.1) is 0 Å². The van der Waals surface area contributed by atoms with Crippen molar-refractivity contribution in [1.82, 2.24) is 10.2 Å². The molecule has 1 heterocycles. The molecular formula is C14H19FN2O2. The van der Waals surface area contributed by atoms with Gasteiger partial charge in [-0.3, -0.25) is 4.79 Å². The van der Waals surface area contributed by atoms with Crippen LogP contribution >= 0.6 is 0 Å². The number of amides is 1. The van der Waals surface area contributed by atoms with Crippen molar-refractivity contribution in [2.24, 2.45) is 0 Å². The zero-order chi connectivity index (χ0) is 13.9. The van der Waals surface area contributed by atoms with Gasteiger partial charge >= 0.3 is 0 Å². The molecule has 4 nitrogen and oxygen atoms in total. The molecule has 0 radical (unpaired) electrons.